The number of esters is 1. The van der Waals surface area contributed by atoms with Gasteiger partial charge in [-0.05, 0) is 13.8 Å². The van der Waals surface area contributed by atoms with Crippen molar-refractivity contribution >= 4 is 33.8 Å². The van der Waals surface area contributed by atoms with E-state index >= 15 is 0 Å². The Bertz CT molecular complexity index is 419. The molecular formula is C11H15BrN2O4. The Balaban J connectivity index is 3.03. The van der Waals surface area contributed by atoms with Crippen LogP contribution in [0, 0.1) is 0 Å². The Morgan fingerprint density at radius 3 is 2.50 bits per heavy atom. The first-order valence-electron chi connectivity index (χ1n) is 5.30. The number of imide groups is 1. The highest BCUT2D eigenvalue weighted by atomic mass is 79.9. The summed E-state index contributed by atoms with van der Waals surface area (Å²) in [6.07, 6.45) is 1.76. The van der Waals surface area contributed by atoms with E-state index in [1.165, 1.54) is 31.1 Å². The maximum Gasteiger partial charge on any atom is 0.332 e. The van der Waals surface area contributed by atoms with E-state index in [1.54, 1.807) is 13.8 Å². The Morgan fingerprint density at radius 2 is 2.00 bits per heavy atom. The summed E-state index contributed by atoms with van der Waals surface area (Å²) < 4.78 is 3.97. The van der Waals surface area contributed by atoms with E-state index in [0.717, 1.165) is 4.90 Å². The standard InChI is InChI=1S/C11H15BrN2O4/c1-5-6-7(15)18-9-11(2,12)8(16)13(3)10(17)14(9)4/h5-6,9H,1-4H3/b6-5+/t9-,11+/m1/s1. The minimum atomic E-state index is -1.17. The predicted octanol–water partition coefficient (Wildman–Crippen LogP) is 1.11. The summed E-state index contributed by atoms with van der Waals surface area (Å²) in [5, 5.41) is 0. The first-order valence-corrected chi connectivity index (χ1v) is 6.10. The summed E-state index contributed by atoms with van der Waals surface area (Å²) >= 11 is 3.23. The highest BCUT2D eigenvalue weighted by molar-refractivity contribution is 9.10. The van der Waals surface area contributed by atoms with Crippen molar-refractivity contribution in [2.45, 2.75) is 24.4 Å². The molecule has 0 bridgehead atoms. The Morgan fingerprint density at radius 1 is 1.44 bits per heavy atom. The van der Waals surface area contributed by atoms with Crippen molar-refractivity contribution in [2.24, 2.45) is 0 Å². The molecule has 0 spiro atoms. The normalized spacial score (nSPS) is 29.1. The number of carbonyl (C=O) groups excluding carboxylic acids is 3. The van der Waals surface area contributed by atoms with Crippen LogP contribution in [0.1, 0.15) is 13.8 Å². The smallest absolute Gasteiger partial charge is 0.332 e. The second kappa shape index (κ2) is 5.09. The van der Waals surface area contributed by atoms with Gasteiger partial charge < -0.3 is 4.74 Å². The lowest BCUT2D eigenvalue weighted by molar-refractivity contribution is -0.160. The molecule has 0 unspecified atom stereocenters. The third kappa shape index (κ3) is 2.40. The van der Waals surface area contributed by atoms with Crippen LogP contribution in [0.4, 0.5) is 4.79 Å². The Hall–Kier alpha value is -1.37. The van der Waals surface area contributed by atoms with Crippen LogP contribution in [-0.4, -0.2) is 52.4 Å². The van der Waals surface area contributed by atoms with Gasteiger partial charge in [-0.2, -0.15) is 0 Å². The summed E-state index contributed by atoms with van der Waals surface area (Å²) in [4.78, 5) is 37.4. The molecule has 1 saturated heterocycles. The molecule has 0 aromatic rings. The molecule has 1 rings (SSSR count). The second-order valence-corrected chi connectivity index (χ2v) is 5.77. The van der Waals surface area contributed by atoms with Crippen LogP contribution in [-0.2, 0) is 14.3 Å². The summed E-state index contributed by atoms with van der Waals surface area (Å²) in [6, 6.07) is -0.518. The highest BCUT2D eigenvalue weighted by Crippen LogP contribution is 2.33. The number of hydrogen-bond donors (Lipinski definition) is 0. The van der Waals surface area contributed by atoms with Crippen molar-refractivity contribution in [1.29, 1.82) is 0 Å². The molecule has 0 saturated carbocycles. The SMILES string of the molecule is C/C=C/C(=O)O[C@H]1N(C)C(=O)N(C)C(=O)[C@]1(C)Br. The number of nitrogens with zero attached hydrogens (tertiary/aromatic N) is 2. The molecule has 6 nitrogen and oxygen atoms in total. The van der Waals surface area contributed by atoms with Gasteiger partial charge in [0.15, 0.2) is 4.32 Å². The van der Waals surface area contributed by atoms with Crippen LogP contribution in [0.5, 0.6) is 0 Å². The lowest BCUT2D eigenvalue weighted by Crippen LogP contribution is -2.66. The number of hydrogen-bond acceptors (Lipinski definition) is 4. The molecule has 18 heavy (non-hydrogen) atoms. The fraction of sp³-hybridized carbons (Fsp3) is 0.545. The van der Waals surface area contributed by atoms with E-state index in [1.807, 2.05) is 0 Å². The van der Waals surface area contributed by atoms with Crippen LogP contribution >= 0.6 is 15.9 Å². The molecule has 100 valence electrons. The minimum Gasteiger partial charge on any atom is -0.436 e. The third-order valence-electron chi connectivity index (χ3n) is 2.66. The van der Waals surface area contributed by atoms with Gasteiger partial charge in [-0.1, -0.05) is 22.0 Å². The fourth-order valence-corrected chi connectivity index (χ4v) is 2.36. The molecule has 0 N–H and O–H groups in total. The molecule has 1 aliphatic heterocycles. The van der Waals surface area contributed by atoms with Crippen molar-refractivity contribution in [3.63, 3.8) is 0 Å². The van der Waals surface area contributed by atoms with Gasteiger partial charge in [0.05, 0.1) is 0 Å². The molecule has 3 amide bonds. The molecule has 1 aliphatic rings. The molecule has 2 atom stereocenters. The van der Waals surface area contributed by atoms with Gasteiger partial charge in [0.1, 0.15) is 0 Å². The maximum atomic E-state index is 12.0. The highest BCUT2D eigenvalue weighted by Gasteiger charge is 2.53. The van der Waals surface area contributed by atoms with Gasteiger partial charge >= 0.3 is 12.0 Å². The van der Waals surface area contributed by atoms with Crippen molar-refractivity contribution in [1.82, 2.24) is 9.80 Å². The maximum absolute atomic E-state index is 12.0. The van der Waals surface area contributed by atoms with Crippen molar-refractivity contribution < 1.29 is 19.1 Å². The molecule has 0 radical (unpaired) electrons. The van der Waals surface area contributed by atoms with E-state index in [2.05, 4.69) is 15.9 Å². The minimum absolute atomic E-state index is 0.455. The largest absolute Gasteiger partial charge is 0.436 e. The van der Waals surface area contributed by atoms with E-state index in [9.17, 15) is 14.4 Å². The van der Waals surface area contributed by atoms with Gasteiger partial charge in [0.25, 0.3) is 5.91 Å². The number of rotatable bonds is 2. The lowest BCUT2D eigenvalue weighted by Gasteiger charge is -2.43. The fourth-order valence-electron chi connectivity index (χ4n) is 1.70. The molecular weight excluding hydrogens is 304 g/mol. The zero-order chi connectivity index (χ0) is 14.1. The molecule has 0 aliphatic carbocycles. The van der Waals surface area contributed by atoms with Crippen LogP contribution in [0.25, 0.3) is 0 Å². The molecule has 0 aromatic carbocycles. The topological polar surface area (TPSA) is 66.9 Å². The summed E-state index contributed by atoms with van der Waals surface area (Å²) in [5.74, 6) is -1.06. The number of carbonyl (C=O) groups is 3. The Kier molecular flexibility index (Phi) is 4.16. The van der Waals surface area contributed by atoms with Crippen LogP contribution in [0.15, 0.2) is 12.2 Å². The number of ether oxygens (including phenoxy) is 1. The van der Waals surface area contributed by atoms with E-state index < -0.39 is 28.5 Å². The van der Waals surface area contributed by atoms with Crippen molar-refractivity contribution in [3.05, 3.63) is 12.2 Å². The van der Waals surface area contributed by atoms with Crippen LogP contribution in [0.2, 0.25) is 0 Å². The van der Waals surface area contributed by atoms with Gasteiger partial charge in [-0.3, -0.25) is 14.6 Å². The molecule has 0 aromatic heterocycles. The van der Waals surface area contributed by atoms with Crippen molar-refractivity contribution in [2.75, 3.05) is 14.1 Å². The van der Waals surface area contributed by atoms with E-state index in [-0.39, 0.29) is 0 Å². The predicted molar refractivity (Wildman–Crippen MR) is 68.0 cm³/mol. The van der Waals surface area contributed by atoms with Gasteiger partial charge in [-0.25, -0.2) is 9.59 Å². The summed E-state index contributed by atoms with van der Waals surface area (Å²) in [6.45, 7) is 3.23. The summed E-state index contributed by atoms with van der Waals surface area (Å²) in [7, 11) is 2.85. The zero-order valence-electron chi connectivity index (χ0n) is 10.6. The van der Waals surface area contributed by atoms with Gasteiger partial charge in [0, 0.05) is 20.2 Å². The molecule has 1 heterocycles. The first-order chi connectivity index (χ1) is 8.23. The van der Waals surface area contributed by atoms with Gasteiger partial charge in [0.2, 0.25) is 6.23 Å². The Labute approximate surface area is 114 Å². The van der Waals surface area contributed by atoms with E-state index in [0.29, 0.717) is 0 Å². The third-order valence-corrected chi connectivity index (χ3v) is 3.39. The number of allylic oxidation sites excluding steroid dienone is 1. The number of alkyl halides is 1. The number of urea groups is 1. The van der Waals surface area contributed by atoms with Crippen LogP contribution < -0.4 is 0 Å². The molecule has 7 heteroatoms. The summed E-state index contributed by atoms with van der Waals surface area (Å²) in [5.41, 5.74) is 0. The average Bonchev–Trinajstić information content (AvgIpc) is 2.31. The monoisotopic (exact) mass is 318 g/mol. The number of amides is 3. The second-order valence-electron chi connectivity index (χ2n) is 4.12. The van der Waals surface area contributed by atoms with Crippen LogP contribution in [0.3, 0.4) is 0 Å². The van der Waals surface area contributed by atoms with Crippen molar-refractivity contribution in [3.8, 4) is 0 Å². The quantitative estimate of drug-likeness (QED) is 0.434. The lowest BCUT2D eigenvalue weighted by atomic mass is 10.1. The van der Waals surface area contributed by atoms with Gasteiger partial charge in [-0.15, -0.1) is 0 Å². The zero-order valence-corrected chi connectivity index (χ0v) is 12.2. The number of halogens is 1. The van der Waals surface area contributed by atoms with E-state index in [4.69, 9.17) is 4.74 Å². The first kappa shape index (κ1) is 14.7. The average molecular weight is 319 g/mol. The molecule has 1 fully saturated rings.